The third-order valence-electron chi connectivity index (χ3n) is 3.17. The maximum absolute atomic E-state index is 5.37. The zero-order chi connectivity index (χ0) is 12.4. The van der Waals surface area contributed by atoms with Crippen molar-refractivity contribution in [1.82, 2.24) is 0 Å². The molecule has 2 aromatic rings. The maximum atomic E-state index is 5.37. The Morgan fingerprint density at radius 3 is 2.44 bits per heavy atom. The minimum atomic E-state index is 0.380. The van der Waals surface area contributed by atoms with Gasteiger partial charge >= 0.3 is 0 Å². The second kappa shape index (κ2) is 4.83. The molecule has 0 radical (unpaired) electrons. The van der Waals surface area contributed by atoms with E-state index >= 15 is 0 Å². The number of nitrogens with zero attached hydrogens (tertiary/aromatic N) is 1. The first kappa shape index (κ1) is 11.3. The molecular weight excluding hydrogens is 222 g/mol. The van der Waals surface area contributed by atoms with Crippen LogP contribution in [0.2, 0.25) is 0 Å². The SMILES string of the molecule is Cc1cccc(N(C[C@@H]2CO2)c2ccccc2)c1. The van der Waals surface area contributed by atoms with E-state index in [1.165, 1.54) is 16.9 Å². The van der Waals surface area contributed by atoms with Gasteiger partial charge < -0.3 is 9.64 Å². The fourth-order valence-electron chi connectivity index (χ4n) is 2.14. The molecule has 92 valence electrons. The molecule has 0 amide bonds. The summed E-state index contributed by atoms with van der Waals surface area (Å²) in [5, 5.41) is 0. The topological polar surface area (TPSA) is 15.8 Å². The molecule has 1 aliphatic heterocycles. The van der Waals surface area contributed by atoms with E-state index in [9.17, 15) is 0 Å². The van der Waals surface area contributed by atoms with Gasteiger partial charge in [-0.15, -0.1) is 0 Å². The molecule has 0 unspecified atom stereocenters. The zero-order valence-electron chi connectivity index (χ0n) is 10.5. The van der Waals surface area contributed by atoms with Crippen LogP contribution in [0.25, 0.3) is 0 Å². The molecule has 1 atom stereocenters. The van der Waals surface area contributed by atoms with Gasteiger partial charge in [-0.25, -0.2) is 0 Å². The highest BCUT2D eigenvalue weighted by atomic mass is 16.6. The van der Waals surface area contributed by atoms with Crippen LogP contribution < -0.4 is 4.90 Å². The Labute approximate surface area is 108 Å². The fraction of sp³-hybridized carbons (Fsp3) is 0.250. The first-order valence-electron chi connectivity index (χ1n) is 6.34. The summed E-state index contributed by atoms with van der Waals surface area (Å²) in [4.78, 5) is 2.32. The van der Waals surface area contributed by atoms with Crippen LogP contribution in [0.3, 0.4) is 0 Å². The van der Waals surface area contributed by atoms with Crippen molar-refractivity contribution in [2.75, 3.05) is 18.1 Å². The predicted molar refractivity (Wildman–Crippen MR) is 74.4 cm³/mol. The van der Waals surface area contributed by atoms with E-state index in [1.807, 2.05) is 6.07 Å². The average molecular weight is 239 g/mol. The number of hydrogen-bond donors (Lipinski definition) is 0. The maximum Gasteiger partial charge on any atom is 0.0988 e. The van der Waals surface area contributed by atoms with Crippen LogP contribution in [-0.4, -0.2) is 19.3 Å². The predicted octanol–water partition coefficient (Wildman–Crippen LogP) is 3.53. The Hall–Kier alpha value is -1.80. The number of benzene rings is 2. The minimum Gasteiger partial charge on any atom is -0.371 e. The second-order valence-electron chi connectivity index (χ2n) is 4.74. The molecule has 1 fully saturated rings. The van der Waals surface area contributed by atoms with Gasteiger partial charge in [-0.2, -0.15) is 0 Å². The number of epoxide rings is 1. The summed E-state index contributed by atoms with van der Waals surface area (Å²) in [6, 6.07) is 19.1. The van der Waals surface area contributed by atoms with Gasteiger partial charge in [0, 0.05) is 11.4 Å². The Morgan fingerprint density at radius 2 is 1.78 bits per heavy atom. The summed E-state index contributed by atoms with van der Waals surface area (Å²) >= 11 is 0. The van der Waals surface area contributed by atoms with E-state index in [0.29, 0.717) is 6.10 Å². The van der Waals surface area contributed by atoms with Crippen LogP contribution in [0.4, 0.5) is 11.4 Å². The van der Waals surface area contributed by atoms with Crippen molar-refractivity contribution >= 4 is 11.4 Å². The lowest BCUT2D eigenvalue weighted by Gasteiger charge is -2.24. The number of aryl methyl sites for hydroxylation is 1. The van der Waals surface area contributed by atoms with Crippen LogP contribution in [0, 0.1) is 6.92 Å². The van der Waals surface area contributed by atoms with Crippen LogP contribution >= 0.6 is 0 Å². The molecule has 1 saturated heterocycles. The summed E-state index contributed by atoms with van der Waals surface area (Å²) in [5.41, 5.74) is 3.74. The number of anilines is 2. The zero-order valence-corrected chi connectivity index (χ0v) is 10.5. The van der Waals surface area contributed by atoms with E-state index in [1.54, 1.807) is 0 Å². The molecule has 1 heterocycles. The summed E-state index contributed by atoms with van der Waals surface area (Å²) in [6.45, 7) is 3.93. The molecule has 0 aliphatic carbocycles. The van der Waals surface area contributed by atoms with E-state index < -0.39 is 0 Å². The Balaban J connectivity index is 1.94. The highest BCUT2D eigenvalue weighted by Gasteiger charge is 2.26. The molecular formula is C16H17NO. The van der Waals surface area contributed by atoms with Crippen molar-refractivity contribution in [2.45, 2.75) is 13.0 Å². The largest absolute Gasteiger partial charge is 0.371 e. The van der Waals surface area contributed by atoms with Crippen molar-refractivity contribution in [3.05, 3.63) is 60.2 Å². The number of rotatable bonds is 4. The summed E-state index contributed by atoms with van der Waals surface area (Å²) in [6.07, 6.45) is 0.380. The van der Waals surface area contributed by atoms with Gasteiger partial charge in [0.1, 0.15) is 0 Å². The van der Waals surface area contributed by atoms with Crippen LogP contribution in [-0.2, 0) is 4.74 Å². The van der Waals surface area contributed by atoms with E-state index in [-0.39, 0.29) is 0 Å². The van der Waals surface area contributed by atoms with Crippen molar-refractivity contribution in [1.29, 1.82) is 0 Å². The smallest absolute Gasteiger partial charge is 0.0988 e. The van der Waals surface area contributed by atoms with Gasteiger partial charge in [0.25, 0.3) is 0 Å². The van der Waals surface area contributed by atoms with Crippen LogP contribution in [0.15, 0.2) is 54.6 Å². The Kier molecular flexibility index (Phi) is 3.03. The standard InChI is InChI=1S/C16H17NO/c1-13-6-5-9-15(10-13)17(11-16-12-18-16)14-7-3-2-4-8-14/h2-10,16H,11-12H2,1H3/t16-/m1/s1. The molecule has 2 heteroatoms. The molecule has 18 heavy (non-hydrogen) atoms. The lowest BCUT2D eigenvalue weighted by Crippen LogP contribution is -2.22. The van der Waals surface area contributed by atoms with Gasteiger partial charge in [0.15, 0.2) is 0 Å². The summed E-state index contributed by atoms with van der Waals surface area (Å²) in [5.74, 6) is 0. The van der Waals surface area contributed by atoms with Gasteiger partial charge in [-0.3, -0.25) is 0 Å². The van der Waals surface area contributed by atoms with Crippen molar-refractivity contribution in [3.8, 4) is 0 Å². The minimum absolute atomic E-state index is 0.380. The highest BCUT2D eigenvalue weighted by Crippen LogP contribution is 2.28. The van der Waals surface area contributed by atoms with Crippen LogP contribution in [0.1, 0.15) is 5.56 Å². The number of ether oxygens (including phenoxy) is 1. The van der Waals surface area contributed by atoms with E-state index in [2.05, 4.69) is 60.4 Å². The molecule has 0 spiro atoms. The molecule has 3 rings (SSSR count). The Bertz CT molecular complexity index is 520. The summed E-state index contributed by atoms with van der Waals surface area (Å²) < 4.78 is 5.37. The van der Waals surface area contributed by atoms with Crippen molar-refractivity contribution in [2.24, 2.45) is 0 Å². The van der Waals surface area contributed by atoms with Gasteiger partial charge in [-0.1, -0.05) is 30.3 Å². The van der Waals surface area contributed by atoms with Crippen LogP contribution in [0.5, 0.6) is 0 Å². The first-order valence-corrected chi connectivity index (χ1v) is 6.34. The molecule has 2 aromatic carbocycles. The molecule has 2 nitrogen and oxygen atoms in total. The second-order valence-corrected chi connectivity index (χ2v) is 4.74. The third kappa shape index (κ3) is 2.54. The van der Waals surface area contributed by atoms with E-state index in [0.717, 1.165) is 13.2 Å². The summed E-state index contributed by atoms with van der Waals surface area (Å²) in [7, 11) is 0. The quantitative estimate of drug-likeness (QED) is 0.758. The number of para-hydroxylation sites is 1. The van der Waals surface area contributed by atoms with Crippen molar-refractivity contribution < 1.29 is 4.74 Å². The highest BCUT2D eigenvalue weighted by molar-refractivity contribution is 5.63. The normalized spacial score (nSPS) is 17.5. The van der Waals surface area contributed by atoms with Gasteiger partial charge in [0.05, 0.1) is 19.3 Å². The Morgan fingerprint density at radius 1 is 1.06 bits per heavy atom. The fourth-order valence-corrected chi connectivity index (χ4v) is 2.14. The van der Waals surface area contributed by atoms with E-state index in [4.69, 9.17) is 4.74 Å². The lowest BCUT2D eigenvalue weighted by molar-refractivity contribution is 0.411. The lowest BCUT2D eigenvalue weighted by atomic mass is 10.2. The monoisotopic (exact) mass is 239 g/mol. The first-order chi connectivity index (χ1) is 8.83. The number of hydrogen-bond acceptors (Lipinski definition) is 2. The molecule has 0 aromatic heterocycles. The van der Waals surface area contributed by atoms with Gasteiger partial charge in [-0.05, 0) is 36.8 Å². The van der Waals surface area contributed by atoms with Gasteiger partial charge in [0.2, 0.25) is 0 Å². The average Bonchev–Trinajstić information content (AvgIpc) is 3.21. The third-order valence-corrected chi connectivity index (χ3v) is 3.17. The molecule has 0 bridgehead atoms. The van der Waals surface area contributed by atoms with Crippen molar-refractivity contribution in [3.63, 3.8) is 0 Å². The molecule has 0 N–H and O–H groups in total. The molecule has 0 saturated carbocycles. The molecule has 1 aliphatic rings.